The number of rotatable bonds is 10. The maximum Gasteiger partial charge on any atom is 0.340 e. The van der Waals surface area contributed by atoms with Crippen LogP contribution in [0.4, 0.5) is 22.7 Å². The van der Waals surface area contributed by atoms with E-state index in [4.69, 9.17) is 98.5 Å². The molecule has 1 saturated heterocycles. The van der Waals surface area contributed by atoms with Crippen LogP contribution in [-0.2, 0) is 34.9 Å². The van der Waals surface area contributed by atoms with Crippen LogP contribution >= 0.6 is 46.4 Å². The molecule has 0 saturated carbocycles. The highest BCUT2D eigenvalue weighted by atomic mass is 35.5. The van der Waals surface area contributed by atoms with Gasteiger partial charge in [0.1, 0.15) is 69.0 Å². The molecule has 490 valence electrons. The molecule has 0 radical (unpaired) electrons. The monoisotopic (exact) mass is 1370 g/mol. The minimum atomic E-state index is -1.70. The molecule has 1 fully saturated rings. The first kappa shape index (κ1) is 64.0. The molecule has 13 rings (SSSR count). The lowest BCUT2D eigenvalue weighted by Gasteiger charge is -2.36. The number of esters is 2. The Labute approximate surface area is 561 Å². The molecular formula is C68H56Cl4N4O19. The van der Waals surface area contributed by atoms with Crippen molar-refractivity contribution in [1.82, 2.24) is 0 Å². The van der Waals surface area contributed by atoms with Gasteiger partial charge in [-0.1, -0.05) is 58.5 Å². The summed E-state index contributed by atoms with van der Waals surface area (Å²) < 4.78 is 66.6. The quantitative estimate of drug-likeness (QED) is 0.0694. The molecule has 0 aromatic heterocycles. The second kappa shape index (κ2) is 25.5. The molecule has 0 aliphatic carbocycles. The van der Waals surface area contributed by atoms with Gasteiger partial charge in [-0.05, 0) is 48.5 Å². The summed E-state index contributed by atoms with van der Waals surface area (Å²) in [6.07, 6.45) is 0. The number of phenols is 4. The van der Waals surface area contributed by atoms with E-state index in [2.05, 4.69) is 10.6 Å². The van der Waals surface area contributed by atoms with Gasteiger partial charge >= 0.3 is 11.9 Å². The molecule has 5 aliphatic heterocycles. The molecule has 2 spiro atoms. The van der Waals surface area contributed by atoms with Crippen molar-refractivity contribution in [2.45, 2.75) is 11.2 Å². The van der Waals surface area contributed by atoms with E-state index in [1.165, 1.54) is 101 Å². The van der Waals surface area contributed by atoms with Crippen LogP contribution in [-0.4, -0.2) is 138 Å². The minimum Gasteiger partial charge on any atom is -0.506 e. The first-order valence-corrected chi connectivity index (χ1v) is 30.9. The third kappa shape index (κ3) is 11.2. The fourth-order valence-electron chi connectivity index (χ4n) is 12.4. The Morgan fingerprint density at radius 1 is 0.421 bits per heavy atom. The van der Waals surface area contributed by atoms with Gasteiger partial charge in [-0.25, -0.2) is 9.59 Å². The summed E-state index contributed by atoms with van der Waals surface area (Å²) in [5, 5.41) is 47.7. The largest absolute Gasteiger partial charge is 0.506 e. The molecule has 23 nitrogen and oxygen atoms in total. The summed E-state index contributed by atoms with van der Waals surface area (Å²) in [5.41, 5.74) is 0.322. The van der Waals surface area contributed by atoms with Crippen molar-refractivity contribution in [3.05, 3.63) is 185 Å². The third-order valence-corrected chi connectivity index (χ3v) is 18.2. The normalized spacial score (nSPS) is 16.0. The SMILES string of the molecule is COc1cc(N2CCOCCOCCN(c3cc(OC)c(NC(=O)c4ccc5c(c4)C(=O)OC54c5cc(Cl)c(O)cc5Oc5cc(O)c(Cl)cc54)cc3OC)CCOCC2)c(OC)cc1NC(=O)c1ccc2c(c1)C(=O)OC21c2cc(Cl)c(O)cc2Oc2cc(O)c(Cl)cc21. The number of carbonyl (C=O) groups excluding carboxylic acids is 4. The van der Waals surface area contributed by atoms with E-state index in [1.807, 2.05) is 9.80 Å². The van der Waals surface area contributed by atoms with Crippen LogP contribution in [0.3, 0.4) is 0 Å². The number of fused-ring (bicyclic) bond motifs is 12. The van der Waals surface area contributed by atoms with Crippen molar-refractivity contribution in [1.29, 1.82) is 0 Å². The number of nitrogens with one attached hydrogen (secondary N) is 2. The van der Waals surface area contributed by atoms with E-state index in [-0.39, 0.29) is 160 Å². The zero-order valence-corrected chi connectivity index (χ0v) is 53.8. The van der Waals surface area contributed by atoms with Gasteiger partial charge in [-0.3, -0.25) is 9.59 Å². The van der Waals surface area contributed by atoms with Crippen molar-refractivity contribution < 1.29 is 91.7 Å². The average molecular weight is 1380 g/mol. The van der Waals surface area contributed by atoms with Crippen molar-refractivity contribution in [3.8, 4) is 69.0 Å². The Balaban J connectivity index is 0.703. The second-order valence-electron chi connectivity index (χ2n) is 22.2. The number of benzene rings is 8. The van der Waals surface area contributed by atoms with E-state index < -0.39 is 35.0 Å². The van der Waals surface area contributed by atoms with E-state index in [1.54, 1.807) is 36.4 Å². The number of methoxy groups -OCH3 is 4. The van der Waals surface area contributed by atoms with E-state index >= 15 is 0 Å². The van der Waals surface area contributed by atoms with Crippen LogP contribution in [0.5, 0.6) is 69.0 Å². The highest BCUT2D eigenvalue weighted by molar-refractivity contribution is 6.33. The van der Waals surface area contributed by atoms with Crippen molar-refractivity contribution in [3.63, 3.8) is 0 Å². The lowest BCUT2D eigenvalue weighted by atomic mass is 9.77. The highest BCUT2D eigenvalue weighted by Crippen LogP contribution is 2.61. The van der Waals surface area contributed by atoms with E-state index in [0.717, 1.165) is 0 Å². The average Bonchev–Trinajstić information content (AvgIpc) is 1.63. The minimum absolute atomic E-state index is 0.0454. The number of phenolic OH excluding ortho intramolecular Hbond substituents is 4. The molecule has 8 aromatic carbocycles. The smallest absolute Gasteiger partial charge is 0.340 e. The van der Waals surface area contributed by atoms with Crippen LogP contribution in [0.25, 0.3) is 0 Å². The summed E-state index contributed by atoms with van der Waals surface area (Å²) in [6.45, 7) is 3.11. The Morgan fingerprint density at radius 2 is 0.737 bits per heavy atom. The Morgan fingerprint density at radius 3 is 1.05 bits per heavy atom. The number of aromatic hydroxyl groups is 4. The first-order valence-electron chi connectivity index (χ1n) is 29.4. The molecule has 95 heavy (non-hydrogen) atoms. The first-order chi connectivity index (χ1) is 45.8. The van der Waals surface area contributed by atoms with Gasteiger partial charge in [0.2, 0.25) is 0 Å². The summed E-state index contributed by atoms with van der Waals surface area (Å²) in [5.74, 6) is -2.20. The van der Waals surface area contributed by atoms with E-state index in [9.17, 15) is 39.6 Å². The van der Waals surface area contributed by atoms with Crippen molar-refractivity contribution in [2.24, 2.45) is 0 Å². The Hall–Kier alpha value is -9.72. The van der Waals surface area contributed by atoms with Gasteiger partial charge in [-0.15, -0.1) is 0 Å². The summed E-state index contributed by atoms with van der Waals surface area (Å²) in [4.78, 5) is 60.5. The molecule has 8 aromatic rings. The molecule has 0 atom stereocenters. The third-order valence-electron chi connectivity index (χ3n) is 17.0. The molecule has 0 unspecified atom stereocenters. The number of carbonyl (C=O) groups is 4. The van der Waals surface area contributed by atoms with Gasteiger partial charge in [0.05, 0.1) is 122 Å². The lowest BCUT2D eigenvalue weighted by molar-refractivity contribution is 0.0214. The topological polar surface area (TPSA) is 281 Å². The van der Waals surface area contributed by atoms with Gasteiger partial charge in [0.25, 0.3) is 11.8 Å². The van der Waals surface area contributed by atoms with Crippen LogP contribution in [0, 0.1) is 0 Å². The molecule has 6 N–H and O–H groups in total. The second-order valence-corrected chi connectivity index (χ2v) is 23.9. The van der Waals surface area contributed by atoms with Crippen LogP contribution in [0.2, 0.25) is 20.1 Å². The maximum absolute atomic E-state index is 14.2. The fraction of sp³-hybridized carbons (Fsp3) is 0.235. The predicted molar refractivity (Wildman–Crippen MR) is 348 cm³/mol. The maximum atomic E-state index is 14.2. The number of nitrogens with zero attached hydrogens (tertiary/aromatic N) is 2. The number of hydrogen-bond donors (Lipinski definition) is 6. The zero-order chi connectivity index (χ0) is 66.8. The molecule has 27 heteroatoms. The number of halogens is 4. The summed E-state index contributed by atoms with van der Waals surface area (Å²) in [6, 6.07) is 26.5. The standard InChI is InChI=1S/C68H56Cl4N4O19/c1-85-59-27-49(61(87-3)25-47(59)73-63(81)33-5-7-37-35(19-33)65(83)94-67(37)39-21-43(69)51(77)29-55(39)92-56-30-52(78)44(70)22-40(56)67)75-9-13-89-14-10-76(12-16-91-18-17-90-15-11-75)50-28-60(86-2)48(26-62(50)88-4)74-64(82)34-6-8-38-36(20-34)66(84)95-68(38)41-23-45(71)53(79)31-57(41)93-58-32-54(80)46(72)24-42(58)68/h5-8,19-32,77-80H,9-18H2,1-4H3,(H,73,81)(H,74,82). The lowest BCUT2D eigenvalue weighted by Crippen LogP contribution is -2.33. The van der Waals surface area contributed by atoms with Crippen molar-refractivity contribution in [2.75, 3.05) is 115 Å². The predicted octanol–water partition coefficient (Wildman–Crippen LogP) is 12.2. The molecule has 2 amide bonds. The summed E-state index contributed by atoms with van der Waals surface area (Å²) in [7, 11) is 5.91. The number of amides is 2. The summed E-state index contributed by atoms with van der Waals surface area (Å²) >= 11 is 25.7. The van der Waals surface area contributed by atoms with Crippen molar-refractivity contribution >= 4 is 92.9 Å². The number of anilines is 4. The van der Waals surface area contributed by atoms with Gasteiger partial charge in [-0.2, -0.15) is 0 Å². The molecule has 5 heterocycles. The van der Waals surface area contributed by atoms with E-state index in [0.29, 0.717) is 73.4 Å². The fourth-order valence-corrected chi connectivity index (χ4v) is 13.1. The molecular weight excluding hydrogens is 1320 g/mol. The Bertz CT molecular complexity index is 4120. The van der Waals surface area contributed by atoms with Crippen LogP contribution < -0.4 is 48.9 Å². The van der Waals surface area contributed by atoms with Gasteiger partial charge < -0.3 is 93.0 Å². The highest BCUT2D eigenvalue weighted by Gasteiger charge is 2.56. The Kier molecular flexibility index (Phi) is 17.2. The van der Waals surface area contributed by atoms with Gasteiger partial charge in [0.15, 0.2) is 11.2 Å². The van der Waals surface area contributed by atoms with Gasteiger partial charge in [0, 0.05) is 119 Å². The van der Waals surface area contributed by atoms with Crippen LogP contribution in [0.15, 0.2) is 109 Å². The number of ether oxygens (including phenoxy) is 11. The molecule has 0 bridgehead atoms. The van der Waals surface area contributed by atoms with Crippen LogP contribution in [0.1, 0.15) is 74.8 Å². The molecule has 5 aliphatic rings. The zero-order valence-electron chi connectivity index (χ0n) is 50.8. The number of hydrogen-bond acceptors (Lipinski definition) is 21.